The number of nitrogens with zero attached hydrogens (tertiary/aromatic N) is 1. The van der Waals surface area contributed by atoms with Crippen molar-refractivity contribution in [2.24, 2.45) is 0 Å². The average Bonchev–Trinajstić information content (AvgIpc) is 3.20. The van der Waals surface area contributed by atoms with E-state index in [9.17, 15) is 27.9 Å². The average molecular weight is 540 g/mol. The van der Waals surface area contributed by atoms with Crippen molar-refractivity contribution in [2.45, 2.75) is 38.4 Å². The van der Waals surface area contributed by atoms with Gasteiger partial charge in [-0.05, 0) is 72.6 Å². The van der Waals surface area contributed by atoms with Crippen molar-refractivity contribution >= 4 is 23.1 Å². The number of carbonyl (C=O) groups excluding carboxylic acids is 2. The zero-order chi connectivity index (χ0) is 28.2. The Morgan fingerprint density at radius 2 is 1.64 bits per heavy atom. The van der Waals surface area contributed by atoms with Gasteiger partial charge in [-0.25, -0.2) is 0 Å². The number of halogens is 3. The molecule has 1 aliphatic rings. The Morgan fingerprint density at radius 1 is 0.949 bits per heavy atom. The Hall–Kier alpha value is -4.27. The van der Waals surface area contributed by atoms with Gasteiger partial charge in [0.1, 0.15) is 17.3 Å². The molecular formula is C30H28F3NO5. The van der Waals surface area contributed by atoms with Crippen molar-refractivity contribution < 1.29 is 37.3 Å². The van der Waals surface area contributed by atoms with E-state index in [1.807, 2.05) is 0 Å². The molecule has 9 heteroatoms. The molecule has 1 unspecified atom stereocenters. The molecule has 1 heterocycles. The summed E-state index contributed by atoms with van der Waals surface area (Å²) in [6, 6.07) is 15.9. The number of aliphatic hydroxyl groups is 1. The maximum absolute atomic E-state index is 13.3. The molecule has 0 spiro atoms. The molecular weight excluding hydrogens is 511 g/mol. The van der Waals surface area contributed by atoms with E-state index in [2.05, 4.69) is 6.92 Å². The van der Waals surface area contributed by atoms with Crippen molar-refractivity contribution in [3.63, 3.8) is 0 Å². The molecule has 6 nitrogen and oxygen atoms in total. The number of anilines is 1. The summed E-state index contributed by atoms with van der Waals surface area (Å²) in [5.41, 5.74) is -0.282. The SMILES string of the molecule is CCCCCOc1ccc(/C(O)=C2\C(=O)C(=O)N(c3ccc(C(F)(F)F)cc3)C2c2cccc(OC)c2)cc1. The summed E-state index contributed by atoms with van der Waals surface area (Å²) in [4.78, 5) is 27.6. The van der Waals surface area contributed by atoms with Gasteiger partial charge >= 0.3 is 6.18 Å². The van der Waals surface area contributed by atoms with Crippen LogP contribution in [0.25, 0.3) is 5.76 Å². The fourth-order valence-corrected chi connectivity index (χ4v) is 4.44. The molecule has 1 aliphatic heterocycles. The van der Waals surface area contributed by atoms with Crippen LogP contribution < -0.4 is 14.4 Å². The number of ether oxygens (including phenoxy) is 2. The first kappa shape index (κ1) is 27.8. The summed E-state index contributed by atoms with van der Waals surface area (Å²) in [6.07, 6.45) is -1.55. The van der Waals surface area contributed by atoms with Gasteiger partial charge < -0.3 is 14.6 Å². The zero-order valence-corrected chi connectivity index (χ0v) is 21.5. The van der Waals surface area contributed by atoms with Gasteiger partial charge in [0.2, 0.25) is 0 Å². The summed E-state index contributed by atoms with van der Waals surface area (Å²) in [5.74, 6) is -1.31. The molecule has 0 saturated carbocycles. The second-order valence-electron chi connectivity index (χ2n) is 9.07. The lowest BCUT2D eigenvalue weighted by Crippen LogP contribution is -2.29. The minimum atomic E-state index is -4.56. The molecule has 1 N–H and O–H groups in total. The topological polar surface area (TPSA) is 76.1 Å². The molecule has 204 valence electrons. The predicted octanol–water partition coefficient (Wildman–Crippen LogP) is 6.91. The van der Waals surface area contributed by atoms with Crippen LogP contribution in [0.2, 0.25) is 0 Å². The van der Waals surface area contributed by atoms with Crippen molar-refractivity contribution in [3.05, 3.63) is 95.1 Å². The van der Waals surface area contributed by atoms with Crippen LogP contribution in [0, 0.1) is 0 Å². The van der Waals surface area contributed by atoms with Crippen molar-refractivity contribution in [1.82, 2.24) is 0 Å². The van der Waals surface area contributed by atoms with E-state index < -0.39 is 35.2 Å². The molecule has 1 atom stereocenters. The molecule has 1 fully saturated rings. The fourth-order valence-electron chi connectivity index (χ4n) is 4.44. The number of hydrogen-bond acceptors (Lipinski definition) is 5. The van der Waals surface area contributed by atoms with Gasteiger partial charge in [-0.1, -0.05) is 31.9 Å². The number of methoxy groups -OCH3 is 1. The van der Waals surface area contributed by atoms with Gasteiger partial charge in [0, 0.05) is 11.3 Å². The van der Waals surface area contributed by atoms with E-state index in [0.717, 1.165) is 48.4 Å². The maximum atomic E-state index is 13.3. The van der Waals surface area contributed by atoms with Gasteiger partial charge in [0.25, 0.3) is 11.7 Å². The van der Waals surface area contributed by atoms with Crippen LogP contribution in [0.15, 0.2) is 78.4 Å². The van der Waals surface area contributed by atoms with E-state index in [4.69, 9.17) is 9.47 Å². The number of rotatable bonds is 9. The Morgan fingerprint density at radius 3 is 2.26 bits per heavy atom. The summed E-state index contributed by atoms with van der Waals surface area (Å²) < 4.78 is 50.5. The number of ketones is 1. The van der Waals surface area contributed by atoms with E-state index in [1.54, 1.807) is 48.5 Å². The number of carbonyl (C=O) groups is 2. The van der Waals surface area contributed by atoms with Gasteiger partial charge in [-0.2, -0.15) is 13.2 Å². The maximum Gasteiger partial charge on any atom is 0.416 e. The highest BCUT2D eigenvalue weighted by atomic mass is 19.4. The molecule has 1 saturated heterocycles. The third kappa shape index (κ3) is 5.92. The monoisotopic (exact) mass is 539 g/mol. The Labute approximate surface area is 224 Å². The van der Waals surface area contributed by atoms with E-state index >= 15 is 0 Å². The number of Topliss-reactive ketones (excluding diaryl/α,β-unsaturated/α-hetero) is 1. The lowest BCUT2D eigenvalue weighted by atomic mass is 9.95. The van der Waals surface area contributed by atoms with Crippen LogP contribution in [0.5, 0.6) is 11.5 Å². The Kier molecular flexibility index (Phi) is 8.28. The number of aliphatic hydroxyl groups excluding tert-OH is 1. The van der Waals surface area contributed by atoms with Gasteiger partial charge in [-0.15, -0.1) is 0 Å². The normalized spacial score (nSPS) is 16.9. The molecule has 3 aromatic carbocycles. The summed E-state index contributed by atoms with van der Waals surface area (Å²) in [5, 5.41) is 11.3. The second-order valence-corrected chi connectivity index (χ2v) is 9.07. The number of alkyl halides is 3. The van der Waals surface area contributed by atoms with Crippen LogP contribution >= 0.6 is 0 Å². The first-order valence-corrected chi connectivity index (χ1v) is 12.5. The number of amides is 1. The Bertz CT molecular complexity index is 1360. The number of unbranched alkanes of at least 4 members (excludes halogenated alkanes) is 2. The molecule has 0 aromatic heterocycles. The van der Waals surface area contributed by atoms with Gasteiger partial charge in [-0.3, -0.25) is 14.5 Å². The molecule has 0 aliphatic carbocycles. The quantitative estimate of drug-likeness (QED) is 0.138. The Balaban J connectivity index is 1.77. The third-order valence-electron chi connectivity index (χ3n) is 6.47. The van der Waals surface area contributed by atoms with Crippen LogP contribution in [-0.4, -0.2) is 30.5 Å². The smallest absolute Gasteiger partial charge is 0.416 e. The first-order valence-electron chi connectivity index (χ1n) is 12.5. The predicted molar refractivity (Wildman–Crippen MR) is 141 cm³/mol. The molecule has 39 heavy (non-hydrogen) atoms. The fraction of sp³-hybridized carbons (Fsp3) is 0.267. The lowest BCUT2D eigenvalue weighted by Gasteiger charge is -2.26. The van der Waals surface area contributed by atoms with Crippen LogP contribution in [0.3, 0.4) is 0 Å². The van der Waals surface area contributed by atoms with Crippen molar-refractivity contribution in [3.8, 4) is 11.5 Å². The highest BCUT2D eigenvalue weighted by Gasteiger charge is 2.47. The number of hydrogen-bond donors (Lipinski definition) is 1. The second kappa shape index (κ2) is 11.6. The highest BCUT2D eigenvalue weighted by Crippen LogP contribution is 2.43. The van der Waals surface area contributed by atoms with Crippen molar-refractivity contribution in [1.29, 1.82) is 0 Å². The van der Waals surface area contributed by atoms with Crippen LogP contribution in [0.1, 0.15) is 48.9 Å². The van der Waals surface area contributed by atoms with Crippen LogP contribution in [0.4, 0.5) is 18.9 Å². The van der Waals surface area contributed by atoms with E-state index in [-0.39, 0.29) is 16.8 Å². The molecule has 4 rings (SSSR count). The largest absolute Gasteiger partial charge is 0.507 e. The van der Waals surface area contributed by atoms with E-state index in [0.29, 0.717) is 23.7 Å². The minimum absolute atomic E-state index is 0.0767. The summed E-state index contributed by atoms with van der Waals surface area (Å²) in [6.45, 7) is 2.64. The van der Waals surface area contributed by atoms with Crippen molar-refractivity contribution in [2.75, 3.05) is 18.6 Å². The molecule has 1 amide bonds. The van der Waals surface area contributed by atoms with E-state index in [1.165, 1.54) is 7.11 Å². The van der Waals surface area contributed by atoms with Crippen LogP contribution in [-0.2, 0) is 15.8 Å². The molecule has 3 aromatic rings. The number of benzene rings is 3. The summed E-state index contributed by atoms with van der Waals surface area (Å²) >= 11 is 0. The highest BCUT2D eigenvalue weighted by molar-refractivity contribution is 6.51. The standard InChI is InChI=1S/C30H28F3NO5/c1-3-4-5-17-39-23-15-9-19(10-16-23)27(35)25-26(20-7-6-8-24(18-20)38-2)34(29(37)28(25)36)22-13-11-21(12-14-22)30(31,32)33/h6-16,18,26,35H,3-5,17H2,1-2H3/b27-25+. The summed E-state index contributed by atoms with van der Waals surface area (Å²) in [7, 11) is 1.46. The molecule has 0 radical (unpaired) electrons. The zero-order valence-electron chi connectivity index (χ0n) is 21.5. The van der Waals surface area contributed by atoms with Gasteiger partial charge in [0.15, 0.2) is 0 Å². The molecule has 0 bridgehead atoms. The lowest BCUT2D eigenvalue weighted by molar-refractivity contribution is -0.137. The minimum Gasteiger partial charge on any atom is -0.507 e. The first-order chi connectivity index (χ1) is 18.7. The van der Waals surface area contributed by atoms with Gasteiger partial charge in [0.05, 0.1) is 30.9 Å². The third-order valence-corrected chi connectivity index (χ3v) is 6.47.